The number of phenols is 1. The summed E-state index contributed by atoms with van der Waals surface area (Å²) in [6.07, 6.45) is 1.46. The SMILES string of the molecule is COc1cccc(/C=N/Nc2nc(-c3cc4ccccc4oc3=O)cs2)c1O. The summed E-state index contributed by atoms with van der Waals surface area (Å²) in [5.74, 6) is 0.368. The number of hydrogen-bond donors (Lipinski definition) is 2. The highest BCUT2D eigenvalue weighted by molar-refractivity contribution is 7.14. The van der Waals surface area contributed by atoms with Gasteiger partial charge in [0.2, 0.25) is 5.13 Å². The standard InChI is InChI=1S/C20H15N3O4S/c1-26-17-8-4-6-13(18(17)24)10-21-23-20-22-15(11-28-20)14-9-12-5-2-3-7-16(12)27-19(14)25/h2-11,24H,1H3,(H,22,23)/b21-10+. The highest BCUT2D eigenvalue weighted by atomic mass is 32.1. The largest absolute Gasteiger partial charge is 0.504 e. The molecule has 140 valence electrons. The van der Waals surface area contributed by atoms with Crippen molar-refractivity contribution in [2.75, 3.05) is 12.5 Å². The lowest BCUT2D eigenvalue weighted by Crippen LogP contribution is -2.02. The van der Waals surface area contributed by atoms with Gasteiger partial charge in [0.15, 0.2) is 11.5 Å². The molecule has 0 atom stereocenters. The summed E-state index contributed by atoms with van der Waals surface area (Å²) in [6.45, 7) is 0. The number of para-hydroxylation sites is 2. The number of nitrogens with one attached hydrogen (secondary N) is 1. The Labute approximate surface area is 163 Å². The number of benzene rings is 2. The second-order valence-corrected chi connectivity index (χ2v) is 6.65. The van der Waals surface area contributed by atoms with E-state index < -0.39 is 5.63 Å². The molecule has 28 heavy (non-hydrogen) atoms. The Morgan fingerprint density at radius 1 is 1.25 bits per heavy atom. The number of methoxy groups -OCH3 is 1. The maximum absolute atomic E-state index is 12.2. The van der Waals surface area contributed by atoms with Crippen LogP contribution < -0.4 is 15.8 Å². The molecule has 0 radical (unpaired) electrons. The molecule has 2 N–H and O–H groups in total. The number of aromatic nitrogens is 1. The average molecular weight is 393 g/mol. The quantitative estimate of drug-likeness (QED) is 0.301. The third-order valence-corrected chi connectivity index (χ3v) is 4.78. The van der Waals surface area contributed by atoms with Crippen LogP contribution in [0.5, 0.6) is 11.5 Å². The van der Waals surface area contributed by atoms with E-state index in [1.807, 2.05) is 18.2 Å². The third-order valence-electron chi connectivity index (χ3n) is 4.04. The molecule has 8 heteroatoms. The van der Waals surface area contributed by atoms with Gasteiger partial charge in [-0.2, -0.15) is 5.10 Å². The number of hydrazone groups is 1. The minimum atomic E-state index is -0.444. The summed E-state index contributed by atoms with van der Waals surface area (Å²) < 4.78 is 10.4. The Bertz CT molecular complexity index is 1230. The molecule has 2 aromatic heterocycles. The van der Waals surface area contributed by atoms with E-state index in [0.29, 0.717) is 33.3 Å². The zero-order valence-electron chi connectivity index (χ0n) is 14.7. The Morgan fingerprint density at radius 3 is 2.96 bits per heavy atom. The number of fused-ring (bicyclic) bond motifs is 1. The average Bonchev–Trinajstić information content (AvgIpc) is 3.17. The van der Waals surface area contributed by atoms with E-state index in [0.717, 1.165) is 5.39 Å². The van der Waals surface area contributed by atoms with Gasteiger partial charge in [-0.05, 0) is 24.3 Å². The van der Waals surface area contributed by atoms with E-state index in [9.17, 15) is 9.90 Å². The first-order valence-corrected chi connectivity index (χ1v) is 9.17. The number of hydrogen-bond acceptors (Lipinski definition) is 8. The number of nitrogens with zero attached hydrogens (tertiary/aromatic N) is 2. The van der Waals surface area contributed by atoms with Gasteiger partial charge in [0.1, 0.15) is 5.58 Å². The second-order valence-electron chi connectivity index (χ2n) is 5.79. The van der Waals surface area contributed by atoms with Crippen LogP contribution in [0, 0.1) is 0 Å². The molecule has 0 amide bonds. The van der Waals surface area contributed by atoms with Crippen LogP contribution in [0.1, 0.15) is 5.56 Å². The van der Waals surface area contributed by atoms with E-state index in [1.54, 1.807) is 35.7 Å². The molecule has 0 aliphatic heterocycles. The number of anilines is 1. The fraction of sp³-hybridized carbons (Fsp3) is 0.0500. The summed E-state index contributed by atoms with van der Waals surface area (Å²) in [5, 5.41) is 17.2. The number of aromatic hydroxyl groups is 1. The topological polar surface area (TPSA) is 97.0 Å². The Morgan fingerprint density at radius 2 is 2.11 bits per heavy atom. The van der Waals surface area contributed by atoms with Crippen molar-refractivity contribution in [2.24, 2.45) is 5.10 Å². The van der Waals surface area contributed by atoms with Gasteiger partial charge in [0.05, 0.1) is 24.6 Å². The van der Waals surface area contributed by atoms with Gasteiger partial charge in [-0.1, -0.05) is 24.3 Å². The smallest absolute Gasteiger partial charge is 0.345 e. The van der Waals surface area contributed by atoms with Gasteiger partial charge in [0.25, 0.3) is 0 Å². The van der Waals surface area contributed by atoms with Crippen molar-refractivity contribution in [2.45, 2.75) is 0 Å². The Hall–Kier alpha value is -3.65. The third kappa shape index (κ3) is 3.45. The van der Waals surface area contributed by atoms with Crippen LogP contribution in [0.2, 0.25) is 0 Å². The normalized spacial score (nSPS) is 11.2. The van der Waals surface area contributed by atoms with Gasteiger partial charge in [-0.25, -0.2) is 9.78 Å². The summed E-state index contributed by atoms with van der Waals surface area (Å²) in [4.78, 5) is 16.6. The first kappa shape index (κ1) is 17.7. The molecule has 0 spiro atoms. The number of phenolic OH excluding ortho intramolecular Hbond substituents is 1. The van der Waals surface area contributed by atoms with Gasteiger partial charge < -0.3 is 14.3 Å². The van der Waals surface area contributed by atoms with Crippen LogP contribution in [0.4, 0.5) is 5.13 Å². The molecular weight excluding hydrogens is 378 g/mol. The summed E-state index contributed by atoms with van der Waals surface area (Å²) in [5.41, 5.74) is 4.28. The van der Waals surface area contributed by atoms with Crippen LogP contribution in [0.15, 0.2) is 68.2 Å². The summed E-state index contributed by atoms with van der Waals surface area (Å²) in [7, 11) is 1.48. The molecule has 0 aliphatic rings. The fourth-order valence-electron chi connectivity index (χ4n) is 2.65. The molecule has 4 aromatic rings. The molecule has 0 saturated carbocycles. The van der Waals surface area contributed by atoms with Crippen LogP contribution in [0.3, 0.4) is 0 Å². The second kappa shape index (κ2) is 7.53. The molecule has 2 aromatic carbocycles. The van der Waals surface area contributed by atoms with Gasteiger partial charge in [0, 0.05) is 16.3 Å². The van der Waals surface area contributed by atoms with Gasteiger partial charge >= 0.3 is 5.63 Å². The number of thiazole rings is 1. The lowest BCUT2D eigenvalue weighted by molar-refractivity contribution is 0.373. The van der Waals surface area contributed by atoms with Crippen molar-refractivity contribution < 1.29 is 14.3 Å². The van der Waals surface area contributed by atoms with Gasteiger partial charge in [-0.3, -0.25) is 5.43 Å². The van der Waals surface area contributed by atoms with E-state index in [1.165, 1.54) is 24.7 Å². The minimum Gasteiger partial charge on any atom is -0.504 e. The fourth-order valence-corrected chi connectivity index (χ4v) is 3.31. The highest BCUT2D eigenvalue weighted by Crippen LogP contribution is 2.28. The van der Waals surface area contributed by atoms with Crippen LogP contribution in [-0.4, -0.2) is 23.4 Å². The summed E-state index contributed by atoms with van der Waals surface area (Å²) in [6, 6.07) is 14.2. The lowest BCUT2D eigenvalue weighted by Gasteiger charge is -2.04. The molecule has 2 heterocycles. The van der Waals surface area contributed by atoms with Gasteiger partial charge in [-0.15, -0.1) is 11.3 Å². The monoisotopic (exact) mass is 393 g/mol. The van der Waals surface area contributed by atoms with Crippen LogP contribution in [0.25, 0.3) is 22.2 Å². The molecule has 0 bridgehead atoms. The van der Waals surface area contributed by atoms with Crippen LogP contribution in [-0.2, 0) is 0 Å². The molecule has 4 rings (SSSR count). The molecule has 0 aliphatic carbocycles. The highest BCUT2D eigenvalue weighted by Gasteiger charge is 2.11. The lowest BCUT2D eigenvalue weighted by atomic mass is 10.1. The van der Waals surface area contributed by atoms with Crippen molar-refractivity contribution in [3.05, 3.63) is 69.9 Å². The molecular formula is C20H15N3O4S. The zero-order chi connectivity index (χ0) is 19.5. The number of rotatable bonds is 5. The van der Waals surface area contributed by atoms with Crippen molar-refractivity contribution in [3.8, 4) is 22.8 Å². The van der Waals surface area contributed by atoms with E-state index >= 15 is 0 Å². The predicted molar refractivity (Wildman–Crippen MR) is 109 cm³/mol. The predicted octanol–water partition coefficient (Wildman–Crippen LogP) is 4.08. The summed E-state index contributed by atoms with van der Waals surface area (Å²) >= 11 is 1.30. The Balaban J connectivity index is 1.56. The molecule has 0 unspecified atom stereocenters. The van der Waals surface area contributed by atoms with E-state index in [4.69, 9.17) is 9.15 Å². The maximum Gasteiger partial charge on any atom is 0.345 e. The first-order valence-electron chi connectivity index (χ1n) is 8.29. The molecule has 0 fully saturated rings. The maximum atomic E-state index is 12.2. The van der Waals surface area contributed by atoms with Crippen LogP contribution >= 0.6 is 11.3 Å². The van der Waals surface area contributed by atoms with Crippen molar-refractivity contribution in [1.29, 1.82) is 0 Å². The molecule has 7 nitrogen and oxygen atoms in total. The molecule has 0 saturated heterocycles. The van der Waals surface area contributed by atoms with E-state index in [-0.39, 0.29) is 5.75 Å². The van der Waals surface area contributed by atoms with E-state index in [2.05, 4.69) is 15.5 Å². The van der Waals surface area contributed by atoms with Crippen molar-refractivity contribution in [1.82, 2.24) is 4.98 Å². The number of ether oxygens (including phenoxy) is 1. The minimum absolute atomic E-state index is 0.00384. The first-order chi connectivity index (χ1) is 13.7. The van der Waals surface area contributed by atoms with Crippen molar-refractivity contribution >= 4 is 33.7 Å². The zero-order valence-corrected chi connectivity index (χ0v) is 15.6. The van der Waals surface area contributed by atoms with Crippen molar-refractivity contribution in [3.63, 3.8) is 0 Å². The Kier molecular flexibility index (Phi) is 4.77.